The molecule has 1 aliphatic carbocycles. The van der Waals surface area contributed by atoms with Gasteiger partial charge in [-0.3, -0.25) is 9.59 Å². The van der Waals surface area contributed by atoms with E-state index in [0.717, 1.165) is 18.1 Å². The molecule has 7 heteroatoms. The fourth-order valence-electron chi connectivity index (χ4n) is 3.37. The number of esters is 2. The molecular weight excluding hydrogens is 352 g/mol. The third-order valence-corrected chi connectivity index (χ3v) is 4.58. The van der Waals surface area contributed by atoms with Crippen LogP contribution in [0, 0.1) is 5.92 Å². The first-order chi connectivity index (χ1) is 12.4. The molecule has 0 unspecified atom stereocenters. The lowest BCUT2D eigenvalue weighted by molar-refractivity contribution is -0.205. The van der Waals surface area contributed by atoms with Crippen LogP contribution in [0.4, 0.5) is 0 Å². The Kier molecular flexibility index (Phi) is 6.14. The second-order valence-electron chi connectivity index (χ2n) is 8.19. The van der Waals surface area contributed by atoms with Crippen LogP contribution in [0.2, 0.25) is 0 Å². The van der Waals surface area contributed by atoms with Crippen molar-refractivity contribution in [1.29, 1.82) is 0 Å². The second-order valence-corrected chi connectivity index (χ2v) is 8.19. The minimum Gasteiger partial charge on any atom is -0.457 e. The van der Waals surface area contributed by atoms with Gasteiger partial charge in [0.1, 0.15) is 18.3 Å². The molecule has 0 spiro atoms. The minimum absolute atomic E-state index is 0.164. The Morgan fingerprint density at radius 1 is 1.33 bits per heavy atom. The Balaban J connectivity index is 1.95. The Hall–Kier alpha value is -2.15. The lowest BCUT2D eigenvalue weighted by atomic mass is 9.78. The highest BCUT2D eigenvalue weighted by Crippen LogP contribution is 2.34. The minimum atomic E-state index is -1.15. The van der Waals surface area contributed by atoms with E-state index in [0.29, 0.717) is 6.42 Å². The van der Waals surface area contributed by atoms with Crippen LogP contribution in [0.3, 0.4) is 0 Å². The number of rotatable bonds is 6. The number of carbonyl (C=O) groups excluding carboxylic acids is 3. The van der Waals surface area contributed by atoms with Crippen molar-refractivity contribution in [3.05, 3.63) is 23.5 Å². The van der Waals surface area contributed by atoms with Crippen LogP contribution in [0.1, 0.15) is 60.3 Å². The van der Waals surface area contributed by atoms with Crippen molar-refractivity contribution in [2.45, 2.75) is 77.8 Å². The number of cyclic esters (lactones) is 1. The van der Waals surface area contributed by atoms with Crippen molar-refractivity contribution in [3.8, 4) is 0 Å². The summed E-state index contributed by atoms with van der Waals surface area (Å²) in [6, 6.07) is 0. The summed E-state index contributed by atoms with van der Waals surface area (Å²) in [6.07, 6.45) is 3.28. The monoisotopic (exact) mass is 380 g/mol. The molecule has 0 saturated heterocycles. The van der Waals surface area contributed by atoms with Gasteiger partial charge in [-0.05, 0) is 39.7 Å². The molecule has 150 valence electrons. The molecule has 2 rings (SSSR count). The fraction of sp³-hybridized carbons (Fsp3) is 0.650. The number of hydrogen-bond acceptors (Lipinski definition) is 7. The van der Waals surface area contributed by atoms with Gasteiger partial charge in [0.25, 0.3) is 0 Å². The van der Waals surface area contributed by atoms with E-state index in [-0.39, 0.29) is 18.1 Å². The molecule has 2 atom stereocenters. The van der Waals surface area contributed by atoms with Gasteiger partial charge in [-0.15, -0.1) is 0 Å². The Labute approximate surface area is 159 Å². The van der Waals surface area contributed by atoms with Gasteiger partial charge >= 0.3 is 11.9 Å². The van der Waals surface area contributed by atoms with Crippen molar-refractivity contribution >= 4 is 17.7 Å². The average molecular weight is 380 g/mol. The highest BCUT2D eigenvalue weighted by molar-refractivity contribution is 5.97. The summed E-state index contributed by atoms with van der Waals surface area (Å²) in [7, 11) is 0. The summed E-state index contributed by atoms with van der Waals surface area (Å²) in [6.45, 7) is 8.44. The van der Waals surface area contributed by atoms with Gasteiger partial charge in [-0.25, -0.2) is 4.79 Å². The van der Waals surface area contributed by atoms with Crippen LogP contribution in [0.15, 0.2) is 23.5 Å². The van der Waals surface area contributed by atoms with Gasteiger partial charge in [0.05, 0.1) is 18.1 Å². The highest BCUT2D eigenvalue weighted by atomic mass is 16.7. The van der Waals surface area contributed by atoms with E-state index in [9.17, 15) is 19.5 Å². The number of Topliss-reactive ketones (excluding diaryl/α,β-unsaturated/α-hetero) is 1. The van der Waals surface area contributed by atoms with Gasteiger partial charge in [0.2, 0.25) is 5.79 Å². The van der Waals surface area contributed by atoms with Gasteiger partial charge < -0.3 is 19.3 Å². The first-order valence-corrected chi connectivity index (χ1v) is 9.09. The van der Waals surface area contributed by atoms with Crippen molar-refractivity contribution in [2.24, 2.45) is 5.92 Å². The molecule has 1 aliphatic heterocycles. The van der Waals surface area contributed by atoms with Gasteiger partial charge in [0, 0.05) is 19.8 Å². The maximum absolute atomic E-state index is 12.2. The summed E-state index contributed by atoms with van der Waals surface area (Å²) >= 11 is 0. The molecule has 0 fully saturated rings. The quantitative estimate of drug-likeness (QED) is 0.429. The number of ether oxygens (including phenoxy) is 3. The Morgan fingerprint density at radius 3 is 2.59 bits per heavy atom. The fourth-order valence-corrected chi connectivity index (χ4v) is 3.37. The second kappa shape index (κ2) is 7.84. The van der Waals surface area contributed by atoms with Crippen LogP contribution in [-0.4, -0.2) is 40.3 Å². The molecule has 0 bridgehead atoms. The number of hydrogen-bond donors (Lipinski definition) is 1. The molecule has 2 aliphatic rings. The summed E-state index contributed by atoms with van der Waals surface area (Å²) in [4.78, 5) is 35.9. The largest absolute Gasteiger partial charge is 0.457 e. The molecule has 7 nitrogen and oxygen atoms in total. The molecule has 0 aromatic heterocycles. The van der Waals surface area contributed by atoms with Crippen molar-refractivity contribution in [1.82, 2.24) is 0 Å². The molecule has 1 heterocycles. The van der Waals surface area contributed by atoms with E-state index in [2.05, 4.69) is 0 Å². The molecule has 0 amide bonds. The van der Waals surface area contributed by atoms with E-state index in [1.165, 1.54) is 0 Å². The van der Waals surface area contributed by atoms with Gasteiger partial charge in [-0.1, -0.05) is 5.57 Å². The molecule has 0 radical (unpaired) electrons. The maximum atomic E-state index is 12.2. The third kappa shape index (κ3) is 6.20. The van der Waals surface area contributed by atoms with E-state index in [1.807, 2.05) is 13.0 Å². The van der Waals surface area contributed by atoms with E-state index >= 15 is 0 Å². The maximum Gasteiger partial charge on any atom is 0.337 e. The summed E-state index contributed by atoms with van der Waals surface area (Å²) < 4.78 is 15.8. The van der Waals surface area contributed by atoms with Crippen LogP contribution in [-0.2, 0) is 28.6 Å². The topological polar surface area (TPSA) is 99.1 Å². The molecule has 1 N–H and O–H groups in total. The zero-order chi connectivity index (χ0) is 20.4. The molecule has 27 heavy (non-hydrogen) atoms. The van der Waals surface area contributed by atoms with Crippen LogP contribution in [0.5, 0.6) is 0 Å². The smallest absolute Gasteiger partial charge is 0.337 e. The lowest BCUT2D eigenvalue weighted by Crippen LogP contribution is -2.42. The SMILES string of the molecule is CC1=C[C@@H](OC(=O)CC(=O)CC2=CC(=O)OC(C)(C)O2)[C@H](C(C)(C)O)CC1. The van der Waals surface area contributed by atoms with E-state index < -0.39 is 41.6 Å². The highest BCUT2D eigenvalue weighted by Gasteiger charge is 2.37. The van der Waals surface area contributed by atoms with Crippen molar-refractivity contribution in [3.63, 3.8) is 0 Å². The van der Waals surface area contributed by atoms with Crippen molar-refractivity contribution in [2.75, 3.05) is 0 Å². The van der Waals surface area contributed by atoms with E-state index in [1.54, 1.807) is 27.7 Å². The zero-order valence-electron chi connectivity index (χ0n) is 16.5. The predicted octanol–water partition coefficient (Wildman–Crippen LogP) is 2.57. The molecule has 0 aromatic carbocycles. The average Bonchev–Trinajstić information content (AvgIpc) is 2.42. The molecule has 0 saturated carbocycles. The number of aliphatic hydroxyl groups is 1. The van der Waals surface area contributed by atoms with Crippen LogP contribution >= 0.6 is 0 Å². The van der Waals surface area contributed by atoms with Crippen LogP contribution in [0.25, 0.3) is 0 Å². The Morgan fingerprint density at radius 2 is 2.00 bits per heavy atom. The normalized spacial score (nSPS) is 24.9. The summed E-state index contributed by atoms with van der Waals surface area (Å²) in [5.74, 6) is -2.90. The third-order valence-electron chi connectivity index (χ3n) is 4.58. The standard InChI is InChI=1S/C20H28O7/c1-12-6-7-15(19(2,3)24)16(8-12)25-17(22)10-13(21)9-14-11-18(23)27-20(4,5)26-14/h8,11,15-16,24H,6-7,9-10H2,1-5H3/t15-,16-/m1/s1. The summed E-state index contributed by atoms with van der Waals surface area (Å²) in [5.41, 5.74) is 0.0832. The van der Waals surface area contributed by atoms with Gasteiger partial charge in [0.15, 0.2) is 5.78 Å². The summed E-state index contributed by atoms with van der Waals surface area (Å²) in [5, 5.41) is 10.3. The first kappa shape index (κ1) is 21.2. The number of ketones is 1. The Bertz CT molecular complexity index is 679. The van der Waals surface area contributed by atoms with Crippen molar-refractivity contribution < 1.29 is 33.7 Å². The zero-order valence-corrected chi connectivity index (χ0v) is 16.5. The van der Waals surface area contributed by atoms with Gasteiger partial charge in [-0.2, -0.15) is 0 Å². The predicted molar refractivity (Wildman–Crippen MR) is 96.2 cm³/mol. The van der Waals surface area contributed by atoms with E-state index in [4.69, 9.17) is 14.2 Å². The molecular formula is C20H28O7. The lowest BCUT2D eigenvalue weighted by Gasteiger charge is -2.37. The van der Waals surface area contributed by atoms with Crippen LogP contribution < -0.4 is 0 Å². The number of carbonyl (C=O) groups is 3. The molecule has 0 aromatic rings. The number of allylic oxidation sites excluding steroid dienone is 2. The first-order valence-electron chi connectivity index (χ1n) is 9.09.